The average molecular weight is 266 g/mol. The number of hydrogen-bond donors (Lipinski definition) is 2. The van der Waals surface area contributed by atoms with Crippen LogP contribution in [-0.2, 0) is 4.79 Å². The number of hydrogen-bond acceptors (Lipinski definition) is 4. The standard InChI is InChI=1S/C13H18N2O2S/c1-4-7-15-13(16)9(2)18-12-6-5-10(14)8-11(12)17-3/h4-6,8-9H,1,7,14H2,2-3H3,(H,15,16). The van der Waals surface area contributed by atoms with Crippen molar-refractivity contribution in [2.24, 2.45) is 0 Å². The monoisotopic (exact) mass is 266 g/mol. The Morgan fingerprint density at radius 3 is 3.00 bits per heavy atom. The van der Waals surface area contributed by atoms with Crippen LogP contribution in [0.2, 0.25) is 0 Å². The van der Waals surface area contributed by atoms with Gasteiger partial charge in [0, 0.05) is 18.3 Å². The summed E-state index contributed by atoms with van der Waals surface area (Å²) in [7, 11) is 1.58. The zero-order chi connectivity index (χ0) is 13.5. The molecule has 1 unspecified atom stereocenters. The van der Waals surface area contributed by atoms with Crippen molar-refractivity contribution >= 4 is 23.4 Å². The van der Waals surface area contributed by atoms with E-state index >= 15 is 0 Å². The van der Waals surface area contributed by atoms with E-state index in [-0.39, 0.29) is 11.2 Å². The highest BCUT2D eigenvalue weighted by Gasteiger charge is 2.15. The normalized spacial score (nSPS) is 11.7. The molecule has 18 heavy (non-hydrogen) atoms. The van der Waals surface area contributed by atoms with Gasteiger partial charge in [-0.2, -0.15) is 0 Å². The number of benzene rings is 1. The quantitative estimate of drug-likeness (QED) is 0.470. The summed E-state index contributed by atoms with van der Waals surface area (Å²) >= 11 is 1.44. The minimum absolute atomic E-state index is 0.0289. The molecule has 0 spiro atoms. The van der Waals surface area contributed by atoms with Gasteiger partial charge < -0.3 is 15.8 Å². The van der Waals surface area contributed by atoms with Gasteiger partial charge in [-0.15, -0.1) is 18.3 Å². The van der Waals surface area contributed by atoms with Crippen LogP contribution in [0.1, 0.15) is 6.92 Å². The third-order valence-corrected chi connectivity index (χ3v) is 3.44. The Balaban J connectivity index is 2.71. The second-order valence-electron chi connectivity index (χ2n) is 3.70. The molecule has 5 heteroatoms. The zero-order valence-electron chi connectivity index (χ0n) is 10.6. The maximum atomic E-state index is 11.7. The molecule has 3 N–H and O–H groups in total. The van der Waals surface area contributed by atoms with E-state index in [1.807, 2.05) is 13.0 Å². The van der Waals surface area contributed by atoms with Crippen molar-refractivity contribution in [1.82, 2.24) is 5.32 Å². The summed E-state index contributed by atoms with van der Waals surface area (Å²) in [6, 6.07) is 5.39. The van der Waals surface area contributed by atoms with Crippen LogP contribution in [0.25, 0.3) is 0 Å². The highest BCUT2D eigenvalue weighted by molar-refractivity contribution is 8.00. The van der Waals surface area contributed by atoms with Gasteiger partial charge in [-0.1, -0.05) is 6.08 Å². The SMILES string of the molecule is C=CCNC(=O)C(C)Sc1ccc(N)cc1OC. The molecule has 0 heterocycles. The van der Waals surface area contributed by atoms with E-state index in [1.165, 1.54) is 11.8 Å². The number of anilines is 1. The summed E-state index contributed by atoms with van der Waals surface area (Å²) in [5, 5.41) is 2.55. The molecule has 4 nitrogen and oxygen atoms in total. The second-order valence-corrected chi connectivity index (χ2v) is 5.09. The molecular formula is C13H18N2O2S. The number of thioether (sulfide) groups is 1. The molecule has 0 aromatic heterocycles. The molecule has 0 bridgehead atoms. The topological polar surface area (TPSA) is 64.4 Å². The summed E-state index contributed by atoms with van der Waals surface area (Å²) in [6.45, 7) is 5.88. The third kappa shape index (κ3) is 4.00. The number of amides is 1. The fraction of sp³-hybridized carbons (Fsp3) is 0.308. The minimum Gasteiger partial charge on any atom is -0.496 e. The van der Waals surface area contributed by atoms with Crippen LogP contribution >= 0.6 is 11.8 Å². The minimum atomic E-state index is -0.206. The zero-order valence-corrected chi connectivity index (χ0v) is 11.4. The van der Waals surface area contributed by atoms with Gasteiger partial charge in [0.1, 0.15) is 5.75 Å². The van der Waals surface area contributed by atoms with Crippen LogP contribution in [0.5, 0.6) is 5.75 Å². The Kier molecular flexibility index (Phi) is 5.58. The molecule has 0 aliphatic carbocycles. The molecule has 1 amide bonds. The number of nitrogens with one attached hydrogen (secondary N) is 1. The lowest BCUT2D eigenvalue weighted by atomic mass is 10.3. The van der Waals surface area contributed by atoms with Gasteiger partial charge in [0.05, 0.1) is 17.3 Å². The van der Waals surface area contributed by atoms with Crippen molar-refractivity contribution in [3.63, 3.8) is 0 Å². The molecular weight excluding hydrogens is 248 g/mol. The van der Waals surface area contributed by atoms with E-state index in [2.05, 4.69) is 11.9 Å². The van der Waals surface area contributed by atoms with Gasteiger partial charge in [-0.3, -0.25) is 4.79 Å². The molecule has 0 aliphatic rings. The van der Waals surface area contributed by atoms with E-state index in [1.54, 1.807) is 25.3 Å². The van der Waals surface area contributed by atoms with Gasteiger partial charge in [-0.05, 0) is 19.1 Å². The van der Waals surface area contributed by atoms with Crippen molar-refractivity contribution in [3.8, 4) is 5.75 Å². The lowest BCUT2D eigenvalue weighted by Crippen LogP contribution is -2.30. The number of carbonyl (C=O) groups excluding carboxylic acids is 1. The van der Waals surface area contributed by atoms with Gasteiger partial charge in [0.25, 0.3) is 0 Å². The Labute approximate surface area is 112 Å². The van der Waals surface area contributed by atoms with Crippen molar-refractivity contribution in [2.75, 3.05) is 19.4 Å². The molecule has 1 aromatic carbocycles. The van der Waals surface area contributed by atoms with Crippen LogP contribution in [0, 0.1) is 0 Å². The Bertz CT molecular complexity index is 435. The summed E-state index contributed by atoms with van der Waals surface area (Å²) in [5.41, 5.74) is 6.32. The Morgan fingerprint density at radius 2 is 2.39 bits per heavy atom. The van der Waals surface area contributed by atoms with E-state index in [0.717, 1.165) is 4.90 Å². The molecule has 98 valence electrons. The predicted octanol–water partition coefficient (Wildman–Crippen LogP) is 2.06. The van der Waals surface area contributed by atoms with Gasteiger partial charge >= 0.3 is 0 Å². The Morgan fingerprint density at radius 1 is 1.67 bits per heavy atom. The van der Waals surface area contributed by atoms with Crippen LogP contribution in [-0.4, -0.2) is 24.8 Å². The maximum absolute atomic E-state index is 11.7. The van der Waals surface area contributed by atoms with Crippen LogP contribution in [0.3, 0.4) is 0 Å². The third-order valence-electron chi connectivity index (χ3n) is 2.28. The fourth-order valence-electron chi connectivity index (χ4n) is 1.34. The first-order valence-electron chi connectivity index (χ1n) is 5.57. The number of methoxy groups -OCH3 is 1. The largest absolute Gasteiger partial charge is 0.496 e. The van der Waals surface area contributed by atoms with Crippen molar-refractivity contribution in [3.05, 3.63) is 30.9 Å². The van der Waals surface area contributed by atoms with Gasteiger partial charge in [-0.25, -0.2) is 0 Å². The lowest BCUT2D eigenvalue weighted by Gasteiger charge is -2.13. The molecule has 0 aliphatic heterocycles. The molecule has 1 atom stereocenters. The molecule has 1 aromatic rings. The highest BCUT2D eigenvalue weighted by atomic mass is 32.2. The average Bonchev–Trinajstić information content (AvgIpc) is 2.37. The van der Waals surface area contributed by atoms with Crippen molar-refractivity contribution < 1.29 is 9.53 Å². The molecule has 0 fully saturated rings. The number of nitrogens with two attached hydrogens (primary N) is 1. The number of ether oxygens (including phenoxy) is 1. The molecule has 0 saturated heterocycles. The molecule has 0 radical (unpaired) electrons. The van der Waals surface area contributed by atoms with Crippen LogP contribution < -0.4 is 15.8 Å². The number of carbonyl (C=O) groups is 1. The van der Waals surface area contributed by atoms with E-state index in [4.69, 9.17) is 10.5 Å². The van der Waals surface area contributed by atoms with E-state index < -0.39 is 0 Å². The lowest BCUT2D eigenvalue weighted by molar-refractivity contribution is -0.120. The fourth-order valence-corrected chi connectivity index (χ4v) is 2.32. The molecule has 1 rings (SSSR count). The maximum Gasteiger partial charge on any atom is 0.233 e. The number of nitrogen functional groups attached to an aromatic ring is 1. The van der Waals surface area contributed by atoms with Crippen molar-refractivity contribution in [1.29, 1.82) is 0 Å². The molecule has 0 saturated carbocycles. The first-order chi connectivity index (χ1) is 8.58. The van der Waals surface area contributed by atoms with Gasteiger partial charge in [0.15, 0.2) is 0 Å². The highest BCUT2D eigenvalue weighted by Crippen LogP contribution is 2.33. The van der Waals surface area contributed by atoms with Crippen LogP contribution in [0.4, 0.5) is 5.69 Å². The van der Waals surface area contributed by atoms with Gasteiger partial charge in [0.2, 0.25) is 5.91 Å². The second kappa shape index (κ2) is 6.96. The number of rotatable bonds is 6. The summed E-state index contributed by atoms with van der Waals surface area (Å²) in [4.78, 5) is 12.6. The smallest absolute Gasteiger partial charge is 0.233 e. The summed E-state index contributed by atoms with van der Waals surface area (Å²) < 4.78 is 5.24. The first-order valence-corrected chi connectivity index (χ1v) is 6.45. The van der Waals surface area contributed by atoms with E-state index in [0.29, 0.717) is 18.0 Å². The first kappa shape index (κ1) is 14.4. The van der Waals surface area contributed by atoms with Crippen molar-refractivity contribution in [2.45, 2.75) is 17.1 Å². The summed E-state index contributed by atoms with van der Waals surface area (Å²) in [6.07, 6.45) is 1.65. The van der Waals surface area contributed by atoms with Crippen LogP contribution in [0.15, 0.2) is 35.7 Å². The summed E-state index contributed by atoms with van der Waals surface area (Å²) in [5.74, 6) is 0.655. The predicted molar refractivity (Wildman–Crippen MR) is 75.9 cm³/mol. The Hall–Kier alpha value is -1.62. The van der Waals surface area contributed by atoms with E-state index in [9.17, 15) is 4.79 Å².